The van der Waals surface area contributed by atoms with Gasteiger partial charge >= 0.3 is 0 Å². The number of para-hydroxylation sites is 2. The number of unbranched alkanes of at least 4 members (excludes halogenated alkanes) is 2. The first-order valence-corrected chi connectivity index (χ1v) is 16.7. The molecular formula is C42H36N2O4. The predicted octanol–water partition coefficient (Wildman–Crippen LogP) is 4.20. The minimum absolute atomic E-state index is 0.120. The number of ketones is 1. The average molecular weight is 633 g/mol. The van der Waals surface area contributed by atoms with Gasteiger partial charge in [-0.05, 0) is 58.4 Å². The summed E-state index contributed by atoms with van der Waals surface area (Å²) in [5, 5.41) is 15.5. The Morgan fingerprint density at radius 2 is 1.50 bits per heavy atom. The molecule has 7 rings (SSSR count). The molecule has 1 aromatic heterocycles. The minimum atomic E-state index is -0.306. The van der Waals surface area contributed by atoms with Crippen molar-refractivity contribution in [2.24, 2.45) is 0 Å². The van der Waals surface area contributed by atoms with Gasteiger partial charge in [0, 0.05) is 53.7 Å². The van der Waals surface area contributed by atoms with E-state index in [-0.39, 0.29) is 44.0 Å². The lowest BCUT2D eigenvalue weighted by Gasteiger charge is -2.31. The van der Waals surface area contributed by atoms with Gasteiger partial charge in [0.2, 0.25) is 16.4 Å². The number of rotatable bonds is 8. The molecule has 4 aromatic carbocycles. The van der Waals surface area contributed by atoms with Crippen LogP contribution in [0, 0.1) is 10.4 Å². The molecule has 0 radical (unpaired) electrons. The van der Waals surface area contributed by atoms with Gasteiger partial charge in [0.1, 0.15) is 6.54 Å². The van der Waals surface area contributed by atoms with Gasteiger partial charge in [-0.2, -0.15) is 4.57 Å². The van der Waals surface area contributed by atoms with Gasteiger partial charge in [-0.3, -0.25) is 14.4 Å². The number of fused-ring (bicyclic) bond motifs is 2. The van der Waals surface area contributed by atoms with Crippen LogP contribution < -0.4 is 35.9 Å². The topological polar surface area (TPSA) is 81.4 Å². The summed E-state index contributed by atoms with van der Waals surface area (Å²) in [6.07, 6.45) is 13.6. The smallest absolute Gasteiger partial charge is 0.213 e. The lowest BCUT2D eigenvalue weighted by molar-refractivity contribution is -0.671. The molecule has 0 amide bonds. The zero-order valence-corrected chi connectivity index (χ0v) is 27.2. The molecule has 48 heavy (non-hydrogen) atoms. The highest BCUT2D eigenvalue weighted by atomic mass is 16.3. The van der Waals surface area contributed by atoms with Crippen LogP contribution >= 0.6 is 0 Å². The third-order valence-corrected chi connectivity index (χ3v) is 9.37. The van der Waals surface area contributed by atoms with E-state index in [0.29, 0.717) is 10.4 Å². The number of carbonyl (C=O) groups is 1. The molecule has 5 aromatic rings. The van der Waals surface area contributed by atoms with Crippen LogP contribution in [0.4, 0.5) is 5.69 Å². The summed E-state index contributed by atoms with van der Waals surface area (Å²) in [4.78, 5) is 41.9. The van der Waals surface area contributed by atoms with Gasteiger partial charge in [-0.15, -0.1) is 0 Å². The van der Waals surface area contributed by atoms with Crippen LogP contribution in [0.1, 0.15) is 50.7 Å². The third-order valence-electron chi connectivity index (χ3n) is 9.37. The molecule has 2 heterocycles. The highest BCUT2D eigenvalue weighted by molar-refractivity contribution is 6.37. The van der Waals surface area contributed by atoms with E-state index < -0.39 is 0 Å². The van der Waals surface area contributed by atoms with Crippen LogP contribution in [0.3, 0.4) is 0 Å². The van der Waals surface area contributed by atoms with Crippen LogP contribution in [-0.4, -0.2) is 12.3 Å². The number of hydrogen-bond donors (Lipinski definition) is 0. The standard InChI is InChI=1S/C42H36N2O4/c1-3-5-21-43-23-19-29(31-11-7-9-13-35(31)43)25-33-39(45)37(40(33)46)27-15-17-28(18-16-27)38-41(47)34(42(38)48)26-30-20-24-44(22-6-4-2)36-14-10-8-12-32(30)36/h7-20,23-26H,3-6,21-22H2,1-2H3. The summed E-state index contributed by atoms with van der Waals surface area (Å²) in [5.74, 6) is -0.612. The van der Waals surface area contributed by atoms with Crippen LogP contribution in [-0.2, 0) is 11.3 Å². The largest absolute Gasteiger partial charge is 0.871 e. The molecule has 1 aliphatic heterocycles. The van der Waals surface area contributed by atoms with Gasteiger partial charge in [-0.1, -0.05) is 87.0 Å². The second kappa shape index (κ2) is 12.9. The Hall–Kier alpha value is -5.62. The number of pyridine rings is 1. The maximum absolute atomic E-state index is 13.2. The Morgan fingerprint density at radius 3 is 2.25 bits per heavy atom. The first kappa shape index (κ1) is 31.0. The van der Waals surface area contributed by atoms with E-state index in [4.69, 9.17) is 0 Å². The van der Waals surface area contributed by atoms with Crippen molar-refractivity contribution in [3.05, 3.63) is 167 Å². The second-order valence-electron chi connectivity index (χ2n) is 12.4. The van der Waals surface area contributed by atoms with Crippen molar-refractivity contribution in [1.82, 2.24) is 0 Å². The van der Waals surface area contributed by atoms with Crippen molar-refractivity contribution in [1.29, 1.82) is 0 Å². The Kier molecular flexibility index (Phi) is 8.32. The van der Waals surface area contributed by atoms with Crippen LogP contribution in [0.25, 0.3) is 28.1 Å². The minimum Gasteiger partial charge on any atom is -0.871 e. The lowest BCUT2D eigenvalue weighted by atomic mass is 9.84. The first-order valence-electron chi connectivity index (χ1n) is 16.7. The van der Waals surface area contributed by atoms with Crippen LogP contribution in [0.15, 0.2) is 124 Å². The van der Waals surface area contributed by atoms with Crippen molar-refractivity contribution in [2.75, 3.05) is 11.4 Å². The molecular weight excluding hydrogens is 596 g/mol. The zero-order chi connectivity index (χ0) is 33.4. The fraction of sp³-hybridized carbons (Fsp3) is 0.190. The third kappa shape index (κ3) is 5.33. The monoisotopic (exact) mass is 632 g/mol. The summed E-state index contributed by atoms with van der Waals surface area (Å²) in [6.45, 7) is 6.12. The normalized spacial score (nSPS) is 15.0. The molecule has 0 unspecified atom stereocenters. The fourth-order valence-electron chi connectivity index (χ4n) is 6.64. The maximum Gasteiger partial charge on any atom is 0.213 e. The summed E-state index contributed by atoms with van der Waals surface area (Å²) < 4.78 is 2.20. The van der Waals surface area contributed by atoms with Gasteiger partial charge in [0.25, 0.3) is 0 Å². The van der Waals surface area contributed by atoms with Crippen molar-refractivity contribution < 1.29 is 14.5 Å². The number of aryl methyl sites for hydroxylation is 1. The van der Waals surface area contributed by atoms with E-state index in [1.165, 1.54) is 0 Å². The maximum atomic E-state index is 13.2. The Balaban J connectivity index is 1.22. The molecule has 0 saturated heterocycles. The quantitative estimate of drug-likeness (QED) is 0.240. The lowest BCUT2D eigenvalue weighted by Crippen LogP contribution is -2.49. The number of aromatic nitrogens is 1. The van der Waals surface area contributed by atoms with Gasteiger partial charge in [0.05, 0.1) is 15.8 Å². The Morgan fingerprint density at radius 1 is 0.792 bits per heavy atom. The number of benzene rings is 3. The van der Waals surface area contributed by atoms with Crippen molar-refractivity contribution in [3.63, 3.8) is 0 Å². The zero-order valence-electron chi connectivity index (χ0n) is 27.2. The number of allylic oxidation sites excluding steroid dienone is 5. The molecule has 238 valence electrons. The number of anilines is 1. The highest BCUT2D eigenvalue weighted by Crippen LogP contribution is 2.36. The van der Waals surface area contributed by atoms with Gasteiger partial charge < -0.3 is 10.0 Å². The summed E-state index contributed by atoms with van der Waals surface area (Å²) in [6, 6.07) is 24.5. The SMILES string of the molecule is CCCCN1C=CC(=CC2=C([O-])C(=c3ccc(=c4c(=O)c(=Cc5cc[n+](CCCC)c6ccccc56)c4=O)cc3)C2=O)c2ccccc21. The van der Waals surface area contributed by atoms with E-state index >= 15 is 0 Å². The summed E-state index contributed by atoms with van der Waals surface area (Å²) in [7, 11) is 0. The molecule has 1 aliphatic carbocycles. The molecule has 0 saturated carbocycles. The summed E-state index contributed by atoms with van der Waals surface area (Å²) in [5.41, 5.74) is 4.41. The molecule has 0 N–H and O–H groups in total. The van der Waals surface area contributed by atoms with Crippen LogP contribution in [0.2, 0.25) is 0 Å². The highest BCUT2D eigenvalue weighted by Gasteiger charge is 2.27. The van der Waals surface area contributed by atoms with E-state index in [1.807, 2.05) is 60.9 Å². The number of Topliss-reactive ketones (excluding diaryl/α,β-unsaturated/α-hetero) is 1. The van der Waals surface area contributed by atoms with Crippen LogP contribution in [0.5, 0.6) is 0 Å². The predicted molar refractivity (Wildman–Crippen MR) is 189 cm³/mol. The molecule has 0 bridgehead atoms. The Bertz CT molecular complexity index is 2460. The van der Waals surface area contributed by atoms with E-state index in [1.54, 1.807) is 36.4 Å². The first-order chi connectivity index (χ1) is 23.4. The van der Waals surface area contributed by atoms with Crippen molar-refractivity contribution >= 4 is 39.6 Å². The van der Waals surface area contributed by atoms with E-state index in [9.17, 15) is 19.5 Å². The molecule has 6 heteroatoms. The number of carbonyl (C=O) groups excluding carboxylic acids is 1. The second-order valence-corrected chi connectivity index (χ2v) is 12.4. The fourth-order valence-corrected chi connectivity index (χ4v) is 6.64. The molecule has 0 atom stereocenters. The number of nitrogens with zero attached hydrogens (tertiary/aromatic N) is 2. The van der Waals surface area contributed by atoms with E-state index in [0.717, 1.165) is 72.1 Å². The molecule has 0 fully saturated rings. The molecule has 0 spiro atoms. The summed E-state index contributed by atoms with van der Waals surface area (Å²) >= 11 is 0. The Labute approximate surface area is 278 Å². The van der Waals surface area contributed by atoms with Gasteiger partial charge in [-0.25, -0.2) is 0 Å². The number of hydrogen-bond acceptors (Lipinski definition) is 5. The average Bonchev–Trinajstić information content (AvgIpc) is 3.12. The van der Waals surface area contributed by atoms with Crippen molar-refractivity contribution in [3.8, 4) is 0 Å². The molecule has 2 aliphatic rings. The molecule has 6 nitrogen and oxygen atoms in total. The van der Waals surface area contributed by atoms with Gasteiger partial charge in [0.15, 0.2) is 12.0 Å². The van der Waals surface area contributed by atoms with E-state index in [2.05, 4.69) is 35.4 Å². The van der Waals surface area contributed by atoms with Crippen molar-refractivity contribution in [2.45, 2.75) is 46.1 Å².